The van der Waals surface area contributed by atoms with Crippen molar-refractivity contribution >= 4 is 5.91 Å². The van der Waals surface area contributed by atoms with E-state index >= 15 is 0 Å². The van der Waals surface area contributed by atoms with Crippen molar-refractivity contribution in [2.45, 2.75) is 25.8 Å². The van der Waals surface area contributed by atoms with Crippen molar-refractivity contribution in [3.63, 3.8) is 0 Å². The highest BCUT2D eigenvalue weighted by Gasteiger charge is 2.22. The summed E-state index contributed by atoms with van der Waals surface area (Å²) in [5.41, 5.74) is 2.04. The summed E-state index contributed by atoms with van der Waals surface area (Å²) in [6, 6.07) is 19.9. The lowest BCUT2D eigenvalue weighted by Gasteiger charge is -2.19. The van der Waals surface area contributed by atoms with E-state index < -0.39 is 0 Å². The van der Waals surface area contributed by atoms with Gasteiger partial charge in [-0.1, -0.05) is 60.7 Å². The van der Waals surface area contributed by atoms with Crippen molar-refractivity contribution in [3.05, 3.63) is 71.8 Å². The maximum Gasteiger partial charge on any atom is 0.232 e. The molecule has 0 heterocycles. The summed E-state index contributed by atoms with van der Waals surface area (Å²) in [4.78, 5) is 12.4. The molecule has 0 aliphatic rings. The average Bonchev–Trinajstić information content (AvgIpc) is 2.40. The van der Waals surface area contributed by atoms with Gasteiger partial charge in [-0.2, -0.15) is 0 Å². The summed E-state index contributed by atoms with van der Waals surface area (Å²) < 4.78 is 0. The summed E-state index contributed by atoms with van der Waals surface area (Å²) in [6.07, 6.45) is 0. The minimum Gasteiger partial charge on any atom is -0.353 e. The van der Waals surface area contributed by atoms with E-state index in [1.165, 1.54) is 0 Å². The van der Waals surface area contributed by atoms with Gasteiger partial charge in [-0.05, 0) is 25.0 Å². The van der Waals surface area contributed by atoms with E-state index in [1.54, 1.807) is 0 Å². The molecule has 0 aliphatic heterocycles. The minimum absolute atomic E-state index is 0.0485. The molecule has 2 rings (SSSR count). The molecule has 0 aromatic heterocycles. The van der Waals surface area contributed by atoms with E-state index in [2.05, 4.69) is 5.32 Å². The Kier molecular flexibility index (Phi) is 4.35. The maximum absolute atomic E-state index is 12.4. The number of carbonyl (C=O) groups is 1. The van der Waals surface area contributed by atoms with Gasteiger partial charge in [0, 0.05) is 6.04 Å². The Morgan fingerprint density at radius 1 is 0.842 bits per heavy atom. The first kappa shape index (κ1) is 13.3. The SMILES string of the molecule is CC(C)NC(=O)C(c1ccccc1)c1ccccc1. The summed E-state index contributed by atoms with van der Waals surface area (Å²) in [5, 5.41) is 3.00. The van der Waals surface area contributed by atoms with Crippen LogP contribution in [0.25, 0.3) is 0 Å². The zero-order valence-electron chi connectivity index (χ0n) is 11.3. The summed E-state index contributed by atoms with van der Waals surface area (Å²) >= 11 is 0. The van der Waals surface area contributed by atoms with Gasteiger partial charge in [0.2, 0.25) is 5.91 Å². The summed E-state index contributed by atoms with van der Waals surface area (Å²) in [5.74, 6) is -0.197. The van der Waals surface area contributed by atoms with Crippen LogP contribution in [0.1, 0.15) is 30.9 Å². The predicted octanol–water partition coefficient (Wildman–Crippen LogP) is 3.34. The zero-order chi connectivity index (χ0) is 13.7. The third-order valence-electron chi connectivity index (χ3n) is 2.96. The Balaban J connectivity index is 2.37. The van der Waals surface area contributed by atoms with Gasteiger partial charge < -0.3 is 5.32 Å². The Bertz CT molecular complexity index is 480. The van der Waals surface area contributed by atoms with Crippen LogP contribution in [0.3, 0.4) is 0 Å². The molecule has 0 bridgehead atoms. The molecule has 98 valence electrons. The van der Waals surface area contributed by atoms with Gasteiger partial charge in [-0.25, -0.2) is 0 Å². The largest absolute Gasteiger partial charge is 0.353 e. The molecule has 2 aromatic rings. The number of carbonyl (C=O) groups excluding carboxylic acids is 1. The second-order valence-corrected chi connectivity index (χ2v) is 4.92. The minimum atomic E-state index is -0.246. The van der Waals surface area contributed by atoms with E-state index in [4.69, 9.17) is 0 Å². The van der Waals surface area contributed by atoms with Crippen LogP contribution in [-0.4, -0.2) is 11.9 Å². The highest BCUT2D eigenvalue weighted by Crippen LogP contribution is 2.24. The van der Waals surface area contributed by atoms with Crippen LogP contribution in [0.4, 0.5) is 0 Å². The van der Waals surface area contributed by atoms with E-state index in [0.29, 0.717) is 0 Å². The highest BCUT2D eigenvalue weighted by molar-refractivity contribution is 5.87. The first-order valence-electron chi connectivity index (χ1n) is 6.58. The maximum atomic E-state index is 12.4. The molecule has 0 radical (unpaired) electrons. The van der Waals surface area contributed by atoms with Crippen LogP contribution in [0.5, 0.6) is 0 Å². The first-order valence-corrected chi connectivity index (χ1v) is 6.58. The number of hydrogen-bond acceptors (Lipinski definition) is 1. The fourth-order valence-corrected chi connectivity index (χ4v) is 2.15. The van der Waals surface area contributed by atoms with Gasteiger partial charge in [0.1, 0.15) is 0 Å². The number of amides is 1. The summed E-state index contributed by atoms with van der Waals surface area (Å²) in [7, 11) is 0. The molecular weight excluding hydrogens is 234 g/mol. The van der Waals surface area contributed by atoms with Gasteiger partial charge in [-0.15, -0.1) is 0 Å². The number of rotatable bonds is 4. The molecule has 19 heavy (non-hydrogen) atoms. The molecule has 0 saturated carbocycles. The summed E-state index contributed by atoms with van der Waals surface area (Å²) in [6.45, 7) is 3.95. The lowest BCUT2D eigenvalue weighted by Crippen LogP contribution is -2.35. The Hall–Kier alpha value is -2.09. The predicted molar refractivity (Wildman–Crippen MR) is 78.0 cm³/mol. The van der Waals surface area contributed by atoms with Gasteiger partial charge in [-0.3, -0.25) is 4.79 Å². The highest BCUT2D eigenvalue weighted by atomic mass is 16.1. The van der Waals surface area contributed by atoms with Gasteiger partial charge in [0.15, 0.2) is 0 Å². The van der Waals surface area contributed by atoms with Crippen molar-refractivity contribution in [1.82, 2.24) is 5.32 Å². The molecule has 0 fully saturated rings. The van der Waals surface area contributed by atoms with Crippen LogP contribution in [-0.2, 0) is 4.79 Å². The molecule has 0 saturated heterocycles. The quantitative estimate of drug-likeness (QED) is 0.889. The van der Waals surface area contributed by atoms with Crippen molar-refractivity contribution in [2.24, 2.45) is 0 Å². The zero-order valence-corrected chi connectivity index (χ0v) is 11.3. The molecule has 1 amide bonds. The van der Waals surface area contributed by atoms with E-state index in [0.717, 1.165) is 11.1 Å². The Morgan fingerprint density at radius 3 is 1.63 bits per heavy atom. The molecule has 0 aliphatic carbocycles. The normalized spacial score (nSPS) is 10.7. The van der Waals surface area contributed by atoms with E-state index in [9.17, 15) is 4.79 Å². The Labute approximate surface area is 114 Å². The van der Waals surface area contributed by atoms with Crippen molar-refractivity contribution < 1.29 is 4.79 Å². The van der Waals surface area contributed by atoms with Crippen molar-refractivity contribution in [1.29, 1.82) is 0 Å². The molecular formula is C17H19NO. The van der Waals surface area contributed by atoms with Crippen LogP contribution < -0.4 is 5.32 Å². The number of benzene rings is 2. The third kappa shape index (κ3) is 3.44. The lowest BCUT2D eigenvalue weighted by atomic mass is 9.90. The van der Waals surface area contributed by atoms with Crippen molar-refractivity contribution in [2.75, 3.05) is 0 Å². The van der Waals surface area contributed by atoms with Crippen LogP contribution >= 0.6 is 0 Å². The average molecular weight is 253 g/mol. The van der Waals surface area contributed by atoms with Gasteiger partial charge >= 0.3 is 0 Å². The molecule has 0 unspecified atom stereocenters. The molecule has 0 atom stereocenters. The number of nitrogens with one attached hydrogen (secondary N) is 1. The monoisotopic (exact) mass is 253 g/mol. The fourth-order valence-electron chi connectivity index (χ4n) is 2.15. The van der Waals surface area contributed by atoms with E-state index in [1.807, 2.05) is 74.5 Å². The molecule has 2 nitrogen and oxygen atoms in total. The lowest BCUT2D eigenvalue weighted by molar-refractivity contribution is -0.122. The molecule has 0 spiro atoms. The second-order valence-electron chi connectivity index (χ2n) is 4.92. The van der Waals surface area contributed by atoms with E-state index in [-0.39, 0.29) is 17.9 Å². The molecule has 1 N–H and O–H groups in total. The number of hydrogen-bond donors (Lipinski definition) is 1. The molecule has 2 heteroatoms. The van der Waals surface area contributed by atoms with Crippen molar-refractivity contribution in [3.8, 4) is 0 Å². The Morgan fingerprint density at radius 2 is 1.26 bits per heavy atom. The van der Waals surface area contributed by atoms with Gasteiger partial charge in [0.25, 0.3) is 0 Å². The molecule has 2 aromatic carbocycles. The third-order valence-corrected chi connectivity index (χ3v) is 2.96. The fraction of sp³-hybridized carbons (Fsp3) is 0.235. The topological polar surface area (TPSA) is 29.1 Å². The standard InChI is InChI=1S/C17H19NO/c1-13(2)18-17(19)16(14-9-5-3-6-10-14)15-11-7-4-8-12-15/h3-13,16H,1-2H3,(H,18,19). The first-order chi connectivity index (χ1) is 9.18. The van der Waals surface area contributed by atoms with Crippen LogP contribution in [0.15, 0.2) is 60.7 Å². The smallest absolute Gasteiger partial charge is 0.232 e. The van der Waals surface area contributed by atoms with Crippen LogP contribution in [0.2, 0.25) is 0 Å². The van der Waals surface area contributed by atoms with Crippen LogP contribution in [0, 0.1) is 0 Å². The van der Waals surface area contributed by atoms with Gasteiger partial charge in [0.05, 0.1) is 5.92 Å². The second kappa shape index (κ2) is 6.19.